The summed E-state index contributed by atoms with van der Waals surface area (Å²) in [7, 11) is 0.308. The summed E-state index contributed by atoms with van der Waals surface area (Å²) in [6, 6.07) is 2.93. The number of carbonyl (C=O) groups is 1. The number of benzene rings is 1. The Morgan fingerprint density at radius 3 is 2.69 bits per heavy atom. The van der Waals surface area contributed by atoms with E-state index >= 15 is 0 Å². The molecule has 1 aromatic carbocycles. The Hall–Kier alpha value is -3.18. The highest BCUT2D eigenvalue weighted by Crippen LogP contribution is 2.30. The lowest BCUT2D eigenvalue weighted by Crippen LogP contribution is -2.22. The molecule has 4 rings (SSSR count). The molecule has 1 N–H and O–H groups in total. The van der Waals surface area contributed by atoms with E-state index in [4.69, 9.17) is 4.74 Å². The van der Waals surface area contributed by atoms with Gasteiger partial charge in [0.05, 0.1) is 17.1 Å². The van der Waals surface area contributed by atoms with E-state index in [1.165, 1.54) is 23.1 Å². The molecule has 0 aliphatic heterocycles. The predicted molar refractivity (Wildman–Crippen MR) is 118 cm³/mol. The van der Waals surface area contributed by atoms with Crippen LogP contribution in [0.15, 0.2) is 24.5 Å². The van der Waals surface area contributed by atoms with E-state index in [1.807, 2.05) is 0 Å². The third-order valence-electron chi connectivity index (χ3n) is 5.13. The summed E-state index contributed by atoms with van der Waals surface area (Å²) in [5, 5.41) is 14.0. The predicted octanol–water partition coefficient (Wildman–Crippen LogP) is 4.27. The van der Waals surface area contributed by atoms with E-state index in [9.17, 15) is 18.7 Å². The number of nitrogens with zero attached hydrogens (tertiary/aromatic N) is 5. The monoisotopic (exact) mass is 459 g/mol. The topological polar surface area (TPSA) is 95.1 Å². The Labute approximate surface area is 183 Å². The minimum absolute atomic E-state index is 0.0464. The Morgan fingerprint density at radius 1 is 1.25 bits per heavy atom. The van der Waals surface area contributed by atoms with E-state index in [2.05, 4.69) is 34.7 Å². The van der Waals surface area contributed by atoms with Crippen LogP contribution in [0.4, 0.5) is 8.78 Å². The third kappa shape index (κ3) is 4.13. The number of fused-ring (bicyclic) bond motifs is 2. The van der Waals surface area contributed by atoms with Gasteiger partial charge in [-0.15, -0.1) is 0 Å². The number of aryl methyl sites for hydroxylation is 1. The SMILES string of the molecule is Cn1nc(-c2cnc3c(n2)c(C(=O)O)cn3COCC[Si](C)(C)C)c2c(F)cc(F)cc21. The second-order valence-electron chi connectivity index (χ2n) is 8.85. The smallest absolute Gasteiger partial charge is 0.339 e. The van der Waals surface area contributed by atoms with E-state index in [-0.39, 0.29) is 40.1 Å². The van der Waals surface area contributed by atoms with E-state index < -0.39 is 25.7 Å². The Bertz CT molecular complexity index is 1340. The molecule has 0 fully saturated rings. The van der Waals surface area contributed by atoms with Crippen LogP contribution in [0.3, 0.4) is 0 Å². The number of hydrogen-bond acceptors (Lipinski definition) is 5. The minimum Gasteiger partial charge on any atom is -0.478 e. The van der Waals surface area contributed by atoms with Gasteiger partial charge in [0, 0.05) is 34.0 Å². The summed E-state index contributed by atoms with van der Waals surface area (Å²) in [5.74, 6) is -2.66. The molecule has 0 spiro atoms. The van der Waals surface area contributed by atoms with Crippen LogP contribution < -0.4 is 0 Å². The lowest BCUT2D eigenvalue weighted by Gasteiger charge is -2.15. The van der Waals surface area contributed by atoms with Crippen molar-refractivity contribution in [1.29, 1.82) is 0 Å². The molecule has 3 aromatic heterocycles. The Kier molecular flexibility index (Phi) is 5.55. The molecular formula is C21H23F2N5O3Si. The first kappa shape index (κ1) is 22.0. The zero-order valence-electron chi connectivity index (χ0n) is 18.2. The van der Waals surface area contributed by atoms with Crippen LogP contribution in [0.1, 0.15) is 10.4 Å². The summed E-state index contributed by atoms with van der Waals surface area (Å²) < 4.78 is 36.9. The number of carboxylic acid groups (broad SMARTS) is 1. The fourth-order valence-corrected chi connectivity index (χ4v) is 4.20. The zero-order chi connectivity index (χ0) is 23.2. The number of aromatic carboxylic acids is 1. The van der Waals surface area contributed by atoms with Gasteiger partial charge in [-0.2, -0.15) is 5.10 Å². The fourth-order valence-electron chi connectivity index (χ4n) is 3.44. The lowest BCUT2D eigenvalue weighted by molar-refractivity contribution is 0.0696. The Morgan fingerprint density at radius 2 is 2.00 bits per heavy atom. The van der Waals surface area contributed by atoms with Gasteiger partial charge < -0.3 is 14.4 Å². The highest BCUT2D eigenvalue weighted by molar-refractivity contribution is 6.76. The first-order valence-corrected chi connectivity index (χ1v) is 13.7. The van der Waals surface area contributed by atoms with Crippen LogP contribution in [0.5, 0.6) is 0 Å². The van der Waals surface area contributed by atoms with E-state index in [1.54, 1.807) is 11.6 Å². The van der Waals surface area contributed by atoms with Crippen LogP contribution in [-0.2, 0) is 18.5 Å². The van der Waals surface area contributed by atoms with Crippen LogP contribution in [-0.4, -0.2) is 50.1 Å². The van der Waals surface area contributed by atoms with Gasteiger partial charge in [0.15, 0.2) is 5.65 Å². The minimum atomic E-state index is -1.25. The second-order valence-corrected chi connectivity index (χ2v) is 14.5. The van der Waals surface area contributed by atoms with Gasteiger partial charge in [0.2, 0.25) is 0 Å². The molecule has 0 unspecified atom stereocenters. The number of halogens is 2. The van der Waals surface area contributed by atoms with Gasteiger partial charge >= 0.3 is 5.97 Å². The van der Waals surface area contributed by atoms with Crippen LogP contribution in [0.25, 0.3) is 33.5 Å². The number of rotatable bonds is 7. The molecule has 32 heavy (non-hydrogen) atoms. The van der Waals surface area contributed by atoms with Crippen molar-refractivity contribution < 1.29 is 23.4 Å². The standard InChI is InChI=1S/C21H23F2N5O3Si/c1-27-16-8-12(22)7-14(23)17(16)19(26-27)15-9-24-20-18(25-15)13(21(29)30)10-28(20)11-31-5-6-32(2,3)4/h7-10H,5-6,11H2,1-4H3,(H,29,30). The highest BCUT2D eigenvalue weighted by atomic mass is 28.3. The molecule has 8 nitrogen and oxygen atoms in total. The van der Waals surface area contributed by atoms with Crippen molar-refractivity contribution in [3.05, 3.63) is 41.7 Å². The van der Waals surface area contributed by atoms with Gasteiger partial charge in [-0.1, -0.05) is 19.6 Å². The maximum absolute atomic E-state index is 14.5. The number of hydrogen-bond donors (Lipinski definition) is 1. The molecule has 11 heteroatoms. The van der Waals surface area contributed by atoms with Crippen molar-refractivity contribution in [2.75, 3.05) is 6.61 Å². The Balaban J connectivity index is 1.76. The van der Waals surface area contributed by atoms with Gasteiger partial charge in [-0.25, -0.2) is 23.5 Å². The largest absolute Gasteiger partial charge is 0.478 e. The van der Waals surface area contributed by atoms with Crippen LogP contribution >= 0.6 is 0 Å². The van der Waals surface area contributed by atoms with Crippen LogP contribution in [0, 0.1) is 11.6 Å². The van der Waals surface area contributed by atoms with Gasteiger partial charge in [0.25, 0.3) is 0 Å². The summed E-state index contributed by atoms with van der Waals surface area (Å²) in [6.07, 6.45) is 2.83. The summed E-state index contributed by atoms with van der Waals surface area (Å²) in [4.78, 5) is 20.6. The molecule has 0 aliphatic rings. The average molecular weight is 460 g/mol. The van der Waals surface area contributed by atoms with Gasteiger partial charge in [-0.3, -0.25) is 4.68 Å². The van der Waals surface area contributed by atoms with Crippen LogP contribution in [0.2, 0.25) is 25.7 Å². The molecule has 4 aromatic rings. The van der Waals surface area contributed by atoms with E-state index in [0.717, 1.165) is 12.1 Å². The van der Waals surface area contributed by atoms with Crippen molar-refractivity contribution in [2.24, 2.45) is 7.05 Å². The van der Waals surface area contributed by atoms with Crippen molar-refractivity contribution in [1.82, 2.24) is 24.3 Å². The summed E-state index contributed by atoms with van der Waals surface area (Å²) >= 11 is 0. The first-order valence-electron chi connectivity index (χ1n) is 10.0. The average Bonchev–Trinajstić information content (AvgIpc) is 3.22. The molecule has 0 amide bonds. The van der Waals surface area contributed by atoms with Crippen molar-refractivity contribution in [2.45, 2.75) is 32.4 Å². The molecule has 0 saturated heterocycles. The molecule has 0 radical (unpaired) electrons. The van der Waals surface area contributed by atoms with Crippen molar-refractivity contribution in [3.63, 3.8) is 0 Å². The fraction of sp³-hybridized carbons (Fsp3) is 0.333. The van der Waals surface area contributed by atoms with Crippen molar-refractivity contribution >= 4 is 36.1 Å². The van der Waals surface area contributed by atoms with Crippen molar-refractivity contribution in [3.8, 4) is 11.4 Å². The number of aromatic nitrogens is 5. The molecule has 0 atom stereocenters. The number of ether oxygens (including phenoxy) is 1. The molecule has 0 saturated carbocycles. The number of carboxylic acids is 1. The molecular weight excluding hydrogens is 436 g/mol. The van der Waals surface area contributed by atoms with Gasteiger partial charge in [0.1, 0.15) is 40.8 Å². The molecule has 0 aliphatic carbocycles. The third-order valence-corrected chi connectivity index (χ3v) is 6.84. The highest BCUT2D eigenvalue weighted by Gasteiger charge is 2.22. The first-order chi connectivity index (χ1) is 15.0. The van der Waals surface area contributed by atoms with Gasteiger partial charge in [-0.05, 0) is 12.1 Å². The lowest BCUT2D eigenvalue weighted by atomic mass is 10.1. The normalized spacial score (nSPS) is 12.2. The maximum atomic E-state index is 14.5. The molecule has 168 valence electrons. The molecule has 3 heterocycles. The summed E-state index contributed by atoms with van der Waals surface area (Å²) in [6.45, 7) is 7.45. The molecule has 0 bridgehead atoms. The zero-order valence-corrected chi connectivity index (χ0v) is 19.2. The summed E-state index contributed by atoms with van der Waals surface area (Å²) in [5.41, 5.74) is 1.04. The second kappa shape index (κ2) is 8.06. The maximum Gasteiger partial charge on any atom is 0.339 e. The van der Waals surface area contributed by atoms with E-state index in [0.29, 0.717) is 12.3 Å². The quantitative estimate of drug-likeness (QED) is 0.328.